The van der Waals surface area contributed by atoms with Crippen LogP contribution in [0.3, 0.4) is 0 Å². The zero-order valence-electron chi connectivity index (χ0n) is 13.0. The maximum atomic E-state index is 13.2. The zero-order chi connectivity index (χ0) is 18.6. The third kappa shape index (κ3) is 5.04. The van der Waals surface area contributed by atoms with E-state index in [1.54, 1.807) is 25.1 Å². The van der Waals surface area contributed by atoms with Gasteiger partial charge in [0.25, 0.3) is 5.91 Å². The molecule has 0 aliphatic rings. The Hall–Kier alpha value is -2.38. The number of carbonyl (C=O) groups is 1. The molecule has 0 radical (unpaired) electrons. The Bertz CT molecular complexity index is 817. The number of hydrogen-bond acceptors (Lipinski definition) is 4. The number of amides is 1. The normalized spacial score (nSPS) is 11.7. The predicted molar refractivity (Wildman–Crippen MR) is 91.6 cm³/mol. The number of benzene rings is 2. The molecule has 25 heavy (non-hydrogen) atoms. The Labute approximate surface area is 152 Å². The Morgan fingerprint density at radius 3 is 2.68 bits per heavy atom. The molecule has 9 heteroatoms. The summed E-state index contributed by atoms with van der Waals surface area (Å²) in [5.74, 6) is -1.57. The molecule has 0 aliphatic heterocycles. The minimum atomic E-state index is -0.719. The van der Waals surface area contributed by atoms with Crippen molar-refractivity contribution in [3.05, 3.63) is 67.9 Å². The minimum Gasteiger partial charge on any atom is -0.477 e. The predicted octanol–water partition coefficient (Wildman–Crippen LogP) is 4.30. The Morgan fingerprint density at radius 2 is 2.04 bits per heavy atom. The van der Waals surface area contributed by atoms with Crippen molar-refractivity contribution in [2.45, 2.75) is 13.0 Å². The Kier molecular flexibility index (Phi) is 6.17. The quantitative estimate of drug-likeness (QED) is 0.592. The second kappa shape index (κ2) is 8.13. The zero-order valence-corrected chi connectivity index (χ0v) is 14.5. The second-order valence-corrected chi connectivity index (χ2v) is 5.96. The SMILES string of the molecule is C[C@H](NC(=O)COc1cc(F)ccc1[N+](=O)[O-])c1ccc(Cl)cc1Cl. The van der Waals surface area contributed by atoms with Gasteiger partial charge in [-0.25, -0.2) is 4.39 Å². The van der Waals surface area contributed by atoms with Crippen molar-refractivity contribution in [3.8, 4) is 5.75 Å². The average molecular weight is 387 g/mol. The summed E-state index contributed by atoms with van der Waals surface area (Å²) in [7, 11) is 0. The smallest absolute Gasteiger partial charge is 0.311 e. The number of nitro groups is 1. The molecule has 0 aromatic heterocycles. The maximum absolute atomic E-state index is 13.2. The second-order valence-electron chi connectivity index (χ2n) is 5.11. The van der Waals surface area contributed by atoms with E-state index in [1.807, 2.05) is 0 Å². The van der Waals surface area contributed by atoms with Crippen molar-refractivity contribution in [2.24, 2.45) is 0 Å². The molecule has 0 bridgehead atoms. The molecule has 0 heterocycles. The summed E-state index contributed by atoms with van der Waals surface area (Å²) in [5, 5.41) is 14.4. The van der Waals surface area contributed by atoms with Crippen molar-refractivity contribution in [1.82, 2.24) is 5.32 Å². The largest absolute Gasteiger partial charge is 0.477 e. The first-order valence-electron chi connectivity index (χ1n) is 7.09. The van der Waals surface area contributed by atoms with Crippen molar-refractivity contribution < 1.29 is 18.8 Å². The molecule has 0 saturated heterocycles. The van der Waals surface area contributed by atoms with E-state index in [0.717, 1.165) is 18.2 Å². The molecule has 0 fully saturated rings. The van der Waals surface area contributed by atoms with E-state index in [-0.39, 0.29) is 5.75 Å². The highest BCUT2D eigenvalue weighted by atomic mass is 35.5. The third-order valence-electron chi connectivity index (χ3n) is 3.28. The first kappa shape index (κ1) is 19.0. The van der Waals surface area contributed by atoms with Crippen LogP contribution in [-0.4, -0.2) is 17.4 Å². The summed E-state index contributed by atoms with van der Waals surface area (Å²) in [6, 6.07) is 7.18. The van der Waals surface area contributed by atoms with Crippen LogP contribution in [-0.2, 0) is 4.79 Å². The molecule has 6 nitrogen and oxygen atoms in total. The minimum absolute atomic E-state index is 0.322. The molecule has 1 amide bonds. The number of ether oxygens (including phenoxy) is 1. The van der Waals surface area contributed by atoms with E-state index in [4.69, 9.17) is 27.9 Å². The van der Waals surface area contributed by atoms with Crippen LogP contribution in [0.1, 0.15) is 18.5 Å². The number of halogens is 3. The van der Waals surface area contributed by atoms with Crippen molar-refractivity contribution in [2.75, 3.05) is 6.61 Å². The van der Waals surface area contributed by atoms with E-state index >= 15 is 0 Å². The summed E-state index contributed by atoms with van der Waals surface area (Å²) in [5.41, 5.74) is 0.221. The van der Waals surface area contributed by atoms with Crippen LogP contribution in [0, 0.1) is 15.9 Å². The van der Waals surface area contributed by atoms with Crippen molar-refractivity contribution in [1.29, 1.82) is 0 Å². The molecule has 2 rings (SSSR count). The summed E-state index contributed by atoms with van der Waals surface area (Å²) < 4.78 is 18.3. The fourth-order valence-electron chi connectivity index (χ4n) is 2.11. The van der Waals surface area contributed by atoms with Gasteiger partial charge in [-0.1, -0.05) is 29.3 Å². The van der Waals surface area contributed by atoms with Crippen molar-refractivity contribution in [3.63, 3.8) is 0 Å². The van der Waals surface area contributed by atoms with Gasteiger partial charge in [-0.15, -0.1) is 0 Å². The summed E-state index contributed by atoms with van der Waals surface area (Å²) in [6.07, 6.45) is 0. The molecule has 0 aliphatic carbocycles. The third-order valence-corrected chi connectivity index (χ3v) is 3.85. The standard InChI is InChI=1S/C16H13Cl2FN2O4/c1-9(12-4-2-10(17)6-13(12)18)20-16(22)8-25-15-7-11(19)3-5-14(15)21(23)24/h2-7,9H,8H2,1H3,(H,20,22)/t9-/m0/s1. The number of carbonyl (C=O) groups excluding carboxylic acids is 1. The van der Waals surface area contributed by atoms with Crippen LogP contribution < -0.4 is 10.1 Å². The van der Waals surface area contributed by atoms with Gasteiger partial charge in [0.1, 0.15) is 5.82 Å². The van der Waals surface area contributed by atoms with Gasteiger partial charge in [0.15, 0.2) is 6.61 Å². The average Bonchev–Trinajstić information content (AvgIpc) is 2.52. The molecule has 0 spiro atoms. The lowest BCUT2D eigenvalue weighted by Crippen LogP contribution is -2.31. The highest BCUT2D eigenvalue weighted by Crippen LogP contribution is 2.28. The fraction of sp³-hybridized carbons (Fsp3) is 0.188. The lowest BCUT2D eigenvalue weighted by molar-refractivity contribution is -0.385. The lowest BCUT2D eigenvalue weighted by atomic mass is 10.1. The van der Waals surface area contributed by atoms with Gasteiger partial charge in [-0.05, 0) is 30.7 Å². The van der Waals surface area contributed by atoms with Crippen molar-refractivity contribution >= 4 is 34.8 Å². The molecule has 2 aromatic rings. The van der Waals surface area contributed by atoms with Crippen LogP contribution in [0.5, 0.6) is 5.75 Å². The number of rotatable bonds is 6. The number of nitro benzene ring substituents is 1. The van der Waals surface area contributed by atoms with Crippen LogP contribution >= 0.6 is 23.2 Å². The Balaban J connectivity index is 2.01. The van der Waals surface area contributed by atoms with E-state index in [1.165, 1.54) is 0 Å². The van der Waals surface area contributed by atoms with E-state index in [9.17, 15) is 19.3 Å². The molecule has 0 unspecified atom stereocenters. The first-order valence-corrected chi connectivity index (χ1v) is 7.84. The van der Waals surface area contributed by atoms with Crippen LogP contribution in [0.15, 0.2) is 36.4 Å². The van der Waals surface area contributed by atoms with Gasteiger partial charge in [-0.3, -0.25) is 14.9 Å². The molecule has 2 aromatic carbocycles. The summed E-state index contributed by atoms with van der Waals surface area (Å²) in [4.78, 5) is 22.1. The highest BCUT2D eigenvalue weighted by molar-refractivity contribution is 6.35. The molecular formula is C16H13Cl2FN2O4. The van der Waals surface area contributed by atoms with Gasteiger partial charge in [0.05, 0.1) is 11.0 Å². The molecule has 0 saturated carbocycles. The maximum Gasteiger partial charge on any atom is 0.311 e. The first-order chi connectivity index (χ1) is 11.8. The van der Waals surface area contributed by atoms with Gasteiger partial charge in [0.2, 0.25) is 5.75 Å². The molecule has 1 N–H and O–H groups in total. The highest BCUT2D eigenvalue weighted by Gasteiger charge is 2.18. The van der Waals surface area contributed by atoms with Crippen LogP contribution in [0.25, 0.3) is 0 Å². The monoisotopic (exact) mass is 386 g/mol. The summed E-state index contributed by atoms with van der Waals surface area (Å²) in [6.45, 7) is 1.19. The van der Waals surface area contributed by atoms with E-state index in [2.05, 4.69) is 5.32 Å². The topological polar surface area (TPSA) is 81.5 Å². The Morgan fingerprint density at radius 1 is 1.32 bits per heavy atom. The number of nitrogens with zero attached hydrogens (tertiary/aromatic N) is 1. The molecule has 132 valence electrons. The number of hydrogen-bond donors (Lipinski definition) is 1. The lowest BCUT2D eigenvalue weighted by Gasteiger charge is -2.16. The summed E-state index contributed by atoms with van der Waals surface area (Å²) >= 11 is 11.9. The van der Waals surface area contributed by atoms with Crippen LogP contribution in [0.2, 0.25) is 10.0 Å². The van der Waals surface area contributed by atoms with E-state index < -0.39 is 35.0 Å². The van der Waals surface area contributed by atoms with Gasteiger partial charge < -0.3 is 10.1 Å². The molecule has 1 atom stereocenters. The van der Waals surface area contributed by atoms with Gasteiger partial charge in [-0.2, -0.15) is 0 Å². The fourth-order valence-corrected chi connectivity index (χ4v) is 2.68. The van der Waals surface area contributed by atoms with Gasteiger partial charge in [0, 0.05) is 22.2 Å². The van der Waals surface area contributed by atoms with E-state index in [0.29, 0.717) is 15.6 Å². The van der Waals surface area contributed by atoms with Gasteiger partial charge >= 0.3 is 5.69 Å². The molecular weight excluding hydrogens is 374 g/mol. The number of nitrogens with one attached hydrogen (secondary N) is 1. The van der Waals surface area contributed by atoms with Crippen LogP contribution in [0.4, 0.5) is 10.1 Å².